The maximum Gasteiger partial charge on any atom is 0.333 e. The van der Waals surface area contributed by atoms with Gasteiger partial charge in [-0.15, -0.1) is 0 Å². The van der Waals surface area contributed by atoms with Crippen LogP contribution in [0.3, 0.4) is 0 Å². The van der Waals surface area contributed by atoms with E-state index in [1.54, 1.807) is 18.9 Å². The minimum absolute atomic E-state index is 0.0609. The smallest absolute Gasteiger partial charge is 0.279 e. The highest BCUT2D eigenvalue weighted by Crippen LogP contribution is 2.09. The van der Waals surface area contributed by atoms with Gasteiger partial charge in [-0.3, -0.25) is 8.76 Å². The first-order valence-corrected chi connectivity index (χ1v) is 14.4. The van der Waals surface area contributed by atoms with Gasteiger partial charge in [-0.2, -0.15) is 16.8 Å². The lowest BCUT2D eigenvalue weighted by atomic mass is 10.1. The van der Waals surface area contributed by atoms with E-state index >= 15 is 0 Å². The zero-order chi connectivity index (χ0) is 25.2. The molecule has 11 heteroatoms. The Morgan fingerprint density at radius 1 is 0.758 bits per heavy atom. The number of carbonyl (C=O) groups excluding carboxylic acids is 1. The molecule has 33 heavy (non-hydrogen) atoms. The fourth-order valence-electron chi connectivity index (χ4n) is 2.22. The first-order chi connectivity index (χ1) is 15.6. The van der Waals surface area contributed by atoms with Crippen molar-refractivity contribution < 1.29 is 29.6 Å². The molecule has 2 aromatic rings. The van der Waals surface area contributed by atoms with E-state index in [9.17, 15) is 21.6 Å². The SMILES string of the molecule is CCCC.O=C(CCc1ccccc1)S(=O)(=O)OP.O=S(=O)(CCCc1ccccc1)OP. The van der Waals surface area contributed by atoms with Gasteiger partial charge in [0, 0.05) is 25.4 Å². The molecule has 0 bridgehead atoms. The second kappa shape index (κ2) is 18.2. The van der Waals surface area contributed by atoms with Crippen molar-refractivity contribution in [3.05, 3.63) is 71.8 Å². The number of benzene rings is 2. The predicted molar refractivity (Wildman–Crippen MR) is 139 cm³/mol. The standard InChI is InChI=1S/C9H11O4PS.C9H13O3PS.C4H10/c10-9(15(11,12)13-14)7-6-8-4-2-1-3-5-8;10-14(11,12-13)8-4-7-9-5-2-1-3-6-9;1-3-4-2/h1-5H,6-7,14H2;1-3,5-6H,4,7-8,13H2;3-4H2,1-2H3. The maximum absolute atomic E-state index is 11.1. The van der Waals surface area contributed by atoms with Crippen LogP contribution in [-0.2, 0) is 45.8 Å². The minimum Gasteiger partial charge on any atom is -0.279 e. The van der Waals surface area contributed by atoms with Crippen molar-refractivity contribution in [2.75, 3.05) is 5.75 Å². The van der Waals surface area contributed by atoms with Gasteiger partial charge in [-0.25, -0.2) is 3.97 Å². The summed E-state index contributed by atoms with van der Waals surface area (Å²) in [6.07, 6.45) is 4.31. The third-order valence-corrected chi connectivity index (χ3v) is 7.95. The summed E-state index contributed by atoms with van der Waals surface area (Å²) in [6, 6.07) is 19.0. The van der Waals surface area contributed by atoms with E-state index < -0.39 is 25.4 Å². The first kappa shape index (κ1) is 31.8. The van der Waals surface area contributed by atoms with Gasteiger partial charge < -0.3 is 0 Å². The highest BCUT2D eigenvalue weighted by Gasteiger charge is 2.20. The molecule has 2 aromatic carbocycles. The van der Waals surface area contributed by atoms with Crippen LogP contribution in [0.5, 0.6) is 0 Å². The average Bonchev–Trinajstić information content (AvgIpc) is 2.84. The van der Waals surface area contributed by atoms with Gasteiger partial charge in [-0.05, 0) is 30.4 Å². The van der Waals surface area contributed by atoms with Crippen LogP contribution in [0.1, 0.15) is 50.7 Å². The number of hydrogen-bond acceptors (Lipinski definition) is 7. The summed E-state index contributed by atoms with van der Waals surface area (Å²) in [5.41, 5.74) is 2.07. The Balaban J connectivity index is 0.000000536. The molecule has 0 fully saturated rings. The van der Waals surface area contributed by atoms with E-state index in [-0.39, 0.29) is 12.2 Å². The Kier molecular flexibility index (Phi) is 17.5. The fraction of sp³-hybridized carbons (Fsp3) is 0.409. The minimum atomic E-state index is -4.04. The third-order valence-electron chi connectivity index (χ3n) is 4.22. The molecule has 0 amide bonds. The van der Waals surface area contributed by atoms with Crippen molar-refractivity contribution in [1.29, 1.82) is 0 Å². The summed E-state index contributed by atoms with van der Waals surface area (Å²) in [6.45, 7) is 4.36. The second-order valence-electron chi connectivity index (χ2n) is 6.86. The highest BCUT2D eigenvalue weighted by molar-refractivity contribution is 8.03. The van der Waals surface area contributed by atoms with E-state index in [1.807, 2.05) is 60.7 Å². The number of rotatable bonds is 10. The van der Waals surface area contributed by atoms with Crippen LogP contribution < -0.4 is 0 Å². The van der Waals surface area contributed by atoms with E-state index in [4.69, 9.17) is 0 Å². The van der Waals surface area contributed by atoms with Crippen LogP contribution >= 0.6 is 18.9 Å². The van der Waals surface area contributed by atoms with Crippen LogP contribution in [0.2, 0.25) is 0 Å². The predicted octanol–water partition coefficient (Wildman–Crippen LogP) is 4.84. The fourth-order valence-corrected chi connectivity index (χ4v) is 3.88. The monoisotopic (exact) mass is 536 g/mol. The maximum atomic E-state index is 11.1. The quantitative estimate of drug-likeness (QED) is 0.400. The lowest BCUT2D eigenvalue weighted by Gasteiger charge is -2.01. The van der Waals surface area contributed by atoms with Crippen LogP contribution in [0.25, 0.3) is 0 Å². The topological polar surface area (TPSA) is 104 Å². The molecule has 0 aliphatic carbocycles. The molecule has 0 spiro atoms. The molecule has 0 saturated heterocycles. The second-order valence-corrected chi connectivity index (χ2v) is 11.3. The number of aryl methyl sites for hydroxylation is 2. The van der Waals surface area contributed by atoms with E-state index in [0.29, 0.717) is 12.8 Å². The summed E-state index contributed by atoms with van der Waals surface area (Å²) >= 11 is 0. The van der Waals surface area contributed by atoms with Gasteiger partial charge >= 0.3 is 10.1 Å². The molecule has 0 saturated carbocycles. The lowest BCUT2D eigenvalue weighted by molar-refractivity contribution is -0.112. The van der Waals surface area contributed by atoms with Gasteiger partial charge in [0.05, 0.1) is 5.75 Å². The molecule has 2 rings (SSSR count). The molecule has 0 heterocycles. The van der Waals surface area contributed by atoms with Crippen molar-refractivity contribution >= 4 is 44.3 Å². The molecule has 186 valence electrons. The molecule has 0 N–H and O–H groups in total. The third kappa shape index (κ3) is 16.1. The average molecular weight is 537 g/mol. The van der Waals surface area contributed by atoms with Gasteiger partial charge in [0.15, 0.2) is 0 Å². The number of carbonyl (C=O) groups is 1. The van der Waals surface area contributed by atoms with Gasteiger partial charge in [0.2, 0.25) is 0 Å². The Hall–Kier alpha value is -1.21. The van der Waals surface area contributed by atoms with Crippen molar-refractivity contribution in [2.45, 2.75) is 52.4 Å². The lowest BCUT2D eigenvalue weighted by Crippen LogP contribution is -2.14. The molecule has 0 aliphatic rings. The van der Waals surface area contributed by atoms with Crippen molar-refractivity contribution in [1.82, 2.24) is 0 Å². The number of unbranched alkanes of at least 4 members (excludes halogenated alkanes) is 1. The summed E-state index contributed by atoms with van der Waals surface area (Å²) < 4.78 is 52.0. The first-order valence-electron chi connectivity index (χ1n) is 10.5. The zero-order valence-electron chi connectivity index (χ0n) is 19.1. The molecule has 0 aromatic heterocycles. The van der Waals surface area contributed by atoms with E-state index in [2.05, 4.69) is 21.8 Å². The van der Waals surface area contributed by atoms with Crippen LogP contribution in [-0.4, -0.2) is 27.7 Å². The van der Waals surface area contributed by atoms with Crippen LogP contribution in [0, 0.1) is 0 Å². The van der Waals surface area contributed by atoms with Gasteiger partial charge in [-0.1, -0.05) is 87.4 Å². The highest BCUT2D eigenvalue weighted by atomic mass is 32.2. The summed E-state index contributed by atoms with van der Waals surface area (Å²) in [5, 5.41) is -0.902. The molecular formula is C22H34O7P2S2. The molecule has 7 nitrogen and oxygen atoms in total. The molecular weight excluding hydrogens is 502 g/mol. The van der Waals surface area contributed by atoms with Crippen molar-refractivity contribution in [2.24, 2.45) is 0 Å². The Morgan fingerprint density at radius 3 is 1.61 bits per heavy atom. The molecule has 0 aliphatic heterocycles. The van der Waals surface area contributed by atoms with Crippen molar-refractivity contribution in [3.8, 4) is 0 Å². The van der Waals surface area contributed by atoms with Gasteiger partial charge in [0.1, 0.15) is 0 Å². The largest absolute Gasteiger partial charge is 0.333 e. The Labute approximate surface area is 203 Å². The summed E-state index contributed by atoms with van der Waals surface area (Å²) in [5.74, 6) is 0.0609. The van der Waals surface area contributed by atoms with E-state index in [0.717, 1.165) is 17.5 Å². The van der Waals surface area contributed by atoms with Crippen molar-refractivity contribution in [3.63, 3.8) is 0 Å². The summed E-state index contributed by atoms with van der Waals surface area (Å²) in [4.78, 5) is 11.1. The van der Waals surface area contributed by atoms with Gasteiger partial charge in [0.25, 0.3) is 15.2 Å². The number of hydrogen-bond donors (Lipinski definition) is 0. The molecule has 2 unspecified atom stereocenters. The molecule has 0 radical (unpaired) electrons. The van der Waals surface area contributed by atoms with E-state index in [1.165, 1.54) is 12.8 Å². The Bertz CT molecular complexity index is 980. The Morgan fingerprint density at radius 2 is 1.21 bits per heavy atom. The molecule has 2 atom stereocenters. The zero-order valence-corrected chi connectivity index (χ0v) is 23.0. The van der Waals surface area contributed by atoms with Crippen LogP contribution in [0.4, 0.5) is 0 Å². The van der Waals surface area contributed by atoms with Crippen LogP contribution in [0.15, 0.2) is 60.7 Å². The normalized spacial score (nSPS) is 10.9. The summed E-state index contributed by atoms with van der Waals surface area (Å²) in [7, 11) is -4.05.